The summed E-state index contributed by atoms with van der Waals surface area (Å²) in [6, 6.07) is 0. The van der Waals surface area contributed by atoms with E-state index in [1.807, 2.05) is 6.08 Å². The van der Waals surface area contributed by atoms with Crippen molar-refractivity contribution in [2.24, 2.45) is 11.8 Å². The smallest absolute Gasteiger partial charge is 0.140 e. The molecule has 1 fully saturated rings. The molecule has 0 saturated heterocycles. The Labute approximate surface area is 161 Å². The first-order chi connectivity index (χ1) is 12.5. The van der Waals surface area contributed by atoms with E-state index in [0.717, 1.165) is 57.8 Å². The van der Waals surface area contributed by atoms with E-state index in [2.05, 4.69) is 13.5 Å². The maximum absolute atomic E-state index is 14.0. The normalized spacial score (nSPS) is 23.2. The molecule has 5 heteroatoms. The molecule has 2 nitrogen and oxygen atoms in total. The van der Waals surface area contributed by atoms with Crippen LogP contribution in [-0.4, -0.2) is 11.2 Å². The maximum atomic E-state index is 14.0. The van der Waals surface area contributed by atoms with Gasteiger partial charge in [-0.3, -0.25) is 0 Å². The lowest BCUT2D eigenvalue weighted by molar-refractivity contribution is 0.147. The Morgan fingerprint density at radius 3 is 2.73 bits per heavy atom. The molecule has 1 aliphatic carbocycles. The zero-order valence-corrected chi connectivity index (χ0v) is 16.5. The lowest BCUT2D eigenvalue weighted by Crippen LogP contribution is -2.07. The second kappa shape index (κ2) is 13.1. The van der Waals surface area contributed by atoms with Gasteiger partial charge in [0.15, 0.2) is 0 Å². The molecule has 1 N–H and O–H groups in total. The lowest BCUT2D eigenvalue weighted by Gasteiger charge is -2.15. The van der Waals surface area contributed by atoms with Gasteiger partial charge in [0.2, 0.25) is 0 Å². The SMILES string of the molecule is C=C(F)/C(SC#N)=C(F)\C=C\C1CCCC(CCCC(O)CCC)CC1. The van der Waals surface area contributed by atoms with E-state index in [4.69, 9.17) is 5.26 Å². The molecule has 1 saturated carbocycles. The van der Waals surface area contributed by atoms with Crippen LogP contribution in [0.15, 0.2) is 35.3 Å². The van der Waals surface area contributed by atoms with Crippen LogP contribution in [0.25, 0.3) is 0 Å². The highest BCUT2D eigenvalue weighted by Gasteiger charge is 2.18. The number of nitriles is 1. The third kappa shape index (κ3) is 9.00. The Balaban J connectivity index is 2.47. The van der Waals surface area contributed by atoms with Gasteiger partial charge in [0.05, 0.1) is 11.0 Å². The van der Waals surface area contributed by atoms with Crippen molar-refractivity contribution in [3.8, 4) is 5.40 Å². The zero-order valence-electron chi connectivity index (χ0n) is 15.7. The molecule has 0 aliphatic heterocycles. The van der Waals surface area contributed by atoms with Gasteiger partial charge in [0, 0.05) is 0 Å². The summed E-state index contributed by atoms with van der Waals surface area (Å²) < 4.78 is 27.2. The van der Waals surface area contributed by atoms with Crippen molar-refractivity contribution >= 4 is 11.8 Å². The molecule has 0 amide bonds. The average molecular weight is 384 g/mol. The number of aliphatic hydroxyl groups is 1. The summed E-state index contributed by atoms with van der Waals surface area (Å²) in [6.07, 6.45) is 13.4. The van der Waals surface area contributed by atoms with Gasteiger partial charge >= 0.3 is 0 Å². The molecule has 0 aromatic carbocycles. The number of hydrogen-bond donors (Lipinski definition) is 1. The minimum atomic E-state index is -0.912. The first-order valence-corrected chi connectivity index (χ1v) is 10.5. The fourth-order valence-electron chi connectivity index (χ4n) is 3.58. The average Bonchev–Trinajstić information content (AvgIpc) is 2.83. The van der Waals surface area contributed by atoms with E-state index in [-0.39, 0.29) is 16.9 Å². The van der Waals surface area contributed by atoms with Crippen molar-refractivity contribution in [1.29, 1.82) is 5.26 Å². The Hall–Kier alpha value is -1.12. The summed E-state index contributed by atoms with van der Waals surface area (Å²) in [5.74, 6) is -0.671. The Morgan fingerprint density at radius 2 is 2.08 bits per heavy atom. The summed E-state index contributed by atoms with van der Waals surface area (Å²) >= 11 is 0.462. The molecule has 26 heavy (non-hydrogen) atoms. The van der Waals surface area contributed by atoms with Crippen LogP contribution < -0.4 is 0 Å². The van der Waals surface area contributed by atoms with Gasteiger partial charge in [-0.15, -0.1) is 0 Å². The summed E-state index contributed by atoms with van der Waals surface area (Å²) in [5.41, 5.74) is 0. The quantitative estimate of drug-likeness (QED) is 0.252. The predicted molar refractivity (Wildman–Crippen MR) is 106 cm³/mol. The topological polar surface area (TPSA) is 44.0 Å². The largest absolute Gasteiger partial charge is 0.393 e. The van der Waals surface area contributed by atoms with Crippen LogP contribution in [0.1, 0.15) is 71.1 Å². The van der Waals surface area contributed by atoms with Crippen LogP contribution in [0.4, 0.5) is 8.78 Å². The first-order valence-electron chi connectivity index (χ1n) is 9.64. The summed E-state index contributed by atoms with van der Waals surface area (Å²) in [6.45, 7) is 5.17. The molecule has 3 unspecified atom stereocenters. The van der Waals surface area contributed by atoms with Crippen LogP contribution in [0, 0.1) is 22.5 Å². The summed E-state index contributed by atoms with van der Waals surface area (Å²) in [7, 11) is 0. The van der Waals surface area contributed by atoms with Crippen molar-refractivity contribution in [1.82, 2.24) is 0 Å². The summed E-state index contributed by atoms with van der Waals surface area (Å²) in [5, 5.41) is 20.1. The Morgan fingerprint density at radius 1 is 1.31 bits per heavy atom. The Kier molecular flexibility index (Phi) is 11.6. The van der Waals surface area contributed by atoms with Crippen molar-refractivity contribution in [2.75, 3.05) is 0 Å². The molecule has 0 aromatic rings. The van der Waals surface area contributed by atoms with E-state index in [1.165, 1.54) is 12.5 Å². The van der Waals surface area contributed by atoms with E-state index < -0.39 is 11.7 Å². The lowest BCUT2D eigenvalue weighted by atomic mass is 9.92. The number of hydrogen-bond acceptors (Lipinski definition) is 3. The molecule has 0 bridgehead atoms. The highest BCUT2D eigenvalue weighted by atomic mass is 32.2. The van der Waals surface area contributed by atoms with Crippen LogP contribution in [0.3, 0.4) is 0 Å². The molecule has 1 aliphatic rings. The molecule has 0 spiro atoms. The van der Waals surface area contributed by atoms with Crippen LogP contribution in [-0.2, 0) is 0 Å². The van der Waals surface area contributed by atoms with E-state index in [1.54, 1.807) is 5.40 Å². The minimum Gasteiger partial charge on any atom is -0.393 e. The number of thiocyanates is 1. The second-order valence-electron chi connectivity index (χ2n) is 7.14. The van der Waals surface area contributed by atoms with Gasteiger partial charge in [-0.05, 0) is 61.8 Å². The maximum Gasteiger partial charge on any atom is 0.140 e. The molecule has 0 radical (unpaired) electrons. The van der Waals surface area contributed by atoms with Crippen molar-refractivity contribution in [3.05, 3.63) is 35.3 Å². The van der Waals surface area contributed by atoms with Crippen molar-refractivity contribution < 1.29 is 13.9 Å². The second-order valence-corrected chi connectivity index (χ2v) is 7.94. The standard InChI is InChI=1S/C21H31F2NOS/c1-3-6-19(25)10-5-9-17-7-4-8-18(12-11-17)13-14-20(23)21(16(2)22)26-15-24/h13-14,17-19,25H,2-12H2,1H3/b14-13+,21-20-. The number of rotatable bonds is 10. The third-order valence-corrected chi connectivity index (χ3v) is 5.74. The number of allylic oxidation sites excluding steroid dienone is 4. The molecule has 1 rings (SSSR count). The van der Waals surface area contributed by atoms with E-state index in [0.29, 0.717) is 17.7 Å². The van der Waals surface area contributed by atoms with Crippen LogP contribution >= 0.6 is 11.8 Å². The fourth-order valence-corrected chi connectivity index (χ4v) is 3.95. The van der Waals surface area contributed by atoms with Crippen LogP contribution in [0.5, 0.6) is 0 Å². The van der Waals surface area contributed by atoms with E-state index >= 15 is 0 Å². The van der Waals surface area contributed by atoms with Crippen molar-refractivity contribution in [3.63, 3.8) is 0 Å². The van der Waals surface area contributed by atoms with Gasteiger partial charge in [-0.25, -0.2) is 8.78 Å². The van der Waals surface area contributed by atoms with E-state index in [9.17, 15) is 13.9 Å². The van der Waals surface area contributed by atoms with Gasteiger partial charge in [0.25, 0.3) is 0 Å². The number of thioether (sulfide) groups is 1. The van der Waals surface area contributed by atoms with Gasteiger partial charge in [0.1, 0.15) is 17.1 Å². The number of nitrogens with zero attached hydrogens (tertiary/aromatic N) is 1. The van der Waals surface area contributed by atoms with Gasteiger partial charge in [-0.1, -0.05) is 51.7 Å². The molecule has 3 atom stereocenters. The zero-order chi connectivity index (χ0) is 19.4. The third-order valence-electron chi connectivity index (χ3n) is 5.03. The number of aliphatic hydroxyl groups excluding tert-OH is 1. The minimum absolute atomic E-state index is 0.165. The predicted octanol–water partition coefficient (Wildman–Crippen LogP) is 6.95. The van der Waals surface area contributed by atoms with Gasteiger partial charge in [-0.2, -0.15) is 5.26 Å². The Bertz CT molecular complexity index is 539. The number of halogens is 2. The van der Waals surface area contributed by atoms with Gasteiger partial charge < -0.3 is 5.11 Å². The monoisotopic (exact) mass is 383 g/mol. The highest BCUT2D eigenvalue weighted by molar-refractivity contribution is 8.07. The molecule has 0 heterocycles. The van der Waals surface area contributed by atoms with Crippen molar-refractivity contribution in [2.45, 2.75) is 77.2 Å². The van der Waals surface area contributed by atoms with Crippen LogP contribution in [0.2, 0.25) is 0 Å². The molecule has 0 aromatic heterocycles. The molecular formula is C21H31F2NOS. The molecule has 146 valence electrons. The fraction of sp³-hybridized carbons (Fsp3) is 0.667. The highest BCUT2D eigenvalue weighted by Crippen LogP contribution is 2.33. The summed E-state index contributed by atoms with van der Waals surface area (Å²) in [4.78, 5) is -0.333. The molecular weight excluding hydrogens is 352 g/mol. The first kappa shape index (κ1) is 22.9.